The van der Waals surface area contributed by atoms with Gasteiger partial charge >= 0.3 is 5.97 Å². The summed E-state index contributed by atoms with van der Waals surface area (Å²) in [5.41, 5.74) is 0.668. The Morgan fingerprint density at radius 1 is 1.44 bits per heavy atom. The van der Waals surface area contributed by atoms with Gasteiger partial charge in [-0.2, -0.15) is 0 Å². The van der Waals surface area contributed by atoms with Crippen molar-refractivity contribution >= 4 is 11.7 Å². The fraction of sp³-hybridized carbons (Fsp3) is 0.333. The van der Waals surface area contributed by atoms with Gasteiger partial charge in [0.05, 0.1) is 19.8 Å². The summed E-state index contributed by atoms with van der Waals surface area (Å²) < 4.78 is 10.0. The Balaban J connectivity index is 3.08. The summed E-state index contributed by atoms with van der Waals surface area (Å²) in [5.74, 6) is 0.0265. The molecule has 0 saturated carbocycles. The summed E-state index contributed by atoms with van der Waals surface area (Å²) in [6.07, 6.45) is -0.00974. The van der Waals surface area contributed by atoms with Gasteiger partial charge in [-0.25, -0.2) is 9.64 Å². The zero-order chi connectivity index (χ0) is 12.1. The van der Waals surface area contributed by atoms with Crippen molar-refractivity contribution in [3.05, 3.63) is 35.2 Å². The molecule has 4 heteroatoms. The molecule has 0 unspecified atom stereocenters. The average Bonchev–Trinajstić information content (AvgIpc) is 2.27. The zero-order valence-corrected chi connectivity index (χ0v) is 9.48. The Morgan fingerprint density at radius 3 is 2.62 bits per heavy atom. The smallest absolute Gasteiger partial charge is 0.336 e. The van der Waals surface area contributed by atoms with Gasteiger partial charge in [-0.1, -0.05) is 0 Å². The second-order valence-corrected chi connectivity index (χ2v) is 3.45. The molecule has 4 nitrogen and oxygen atoms in total. The van der Waals surface area contributed by atoms with E-state index in [0.29, 0.717) is 17.0 Å². The molecule has 0 amide bonds. The molecule has 0 atom stereocenters. The van der Waals surface area contributed by atoms with E-state index in [1.54, 1.807) is 12.1 Å². The number of esters is 1. The topological polar surface area (TPSA) is 39.9 Å². The van der Waals surface area contributed by atoms with Crippen molar-refractivity contribution in [1.82, 2.24) is 0 Å². The lowest BCUT2D eigenvalue weighted by Crippen LogP contribution is -2.06. The molecule has 84 valence electrons. The normalized spacial score (nSPS) is 9.69. The van der Waals surface area contributed by atoms with Gasteiger partial charge in [0.1, 0.15) is 5.75 Å². The molecule has 0 N–H and O–H groups in total. The van der Waals surface area contributed by atoms with Crippen LogP contribution in [0, 0.1) is 6.57 Å². The van der Waals surface area contributed by atoms with Crippen molar-refractivity contribution < 1.29 is 14.3 Å². The minimum atomic E-state index is -0.457. The number of hydrogen-bond donors (Lipinski definition) is 0. The van der Waals surface area contributed by atoms with E-state index in [1.165, 1.54) is 13.2 Å². The summed E-state index contributed by atoms with van der Waals surface area (Å²) in [5, 5.41) is 0. The number of nitrogens with zero attached hydrogens (tertiary/aromatic N) is 1. The molecule has 1 aromatic carbocycles. The van der Waals surface area contributed by atoms with E-state index < -0.39 is 5.97 Å². The van der Waals surface area contributed by atoms with E-state index in [9.17, 15) is 4.79 Å². The van der Waals surface area contributed by atoms with E-state index in [4.69, 9.17) is 11.3 Å². The van der Waals surface area contributed by atoms with Gasteiger partial charge in [-0.05, 0) is 32.0 Å². The van der Waals surface area contributed by atoms with E-state index in [-0.39, 0.29) is 6.10 Å². The van der Waals surface area contributed by atoms with Crippen LogP contribution in [0.4, 0.5) is 5.69 Å². The van der Waals surface area contributed by atoms with Crippen LogP contribution < -0.4 is 4.74 Å². The first kappa shape index (κ1) is 12.1. The first-order chi connectivity index (χ1) is 7.58. The predicted octanol–water partition coefficient (Wildman–Crippen LogP) is 2.81. The molecule has 0 aliphatic heterocycles. The highest BCUT2D eigenvalue weighted by Crippen LogP contribution is 2.29. The maximum Gasteiger partial charge on any atom is 0.336 e. The largest absolute Gasteiger partial charge is 0.502 e. The highest BCUT2D eigenvalue weighted by molar-refractivity contribution is 5.91. The summed E-state index contributed by atoms with van der Waals surface area (Å²) in [6, 6.07) is 4.66. The number of hydrogen-bond acceptors (Lipinski definition) is 3. The second-order valence-electron chi connectivity index (χ2n) is 3.45. The van der Waals surface area contributed by atoms with Gasteiger partial charge < -0.3 is 9.47 Å². The quantitative estimate of drug-likeness (QED) is 0.579. The molecule has 0 spiro atoms. The Morgan fingerprint density at radius 2 is 2.12 bits per heavy atom. The highest BCUT2D eigenvalue weighted by atomic mass is 16.5. The molecular formula is C12H13NO3. The van der Waals surface area contributed by atoms with Crippen molar-refractivity contribution in [3.8, 4) is 5.75 Å². The van der Waals surface area contributed by atoms with Crippen LogP contribution in [-0.2, 0) is 4.74 Å². The summed E-state index contributed by atoms with van der Waals surface area (Å²) >= 11 is 0. The van der Waals surface area contributed by atoms with Gasteiger partial charge in [0, 0.05) is 5.56 Å². The van der Waals surface area contributed by atoms with Gasteiger partial charge in [0.2, 0.25) is 5.69 Å². The second kappa shape index (κ2) is 5.17. The molecule has 0 heterocycles. The number of rotatable bonds is 3. The maximum atomic E-state index is 11.2. The van der Waals surface area contributed by atoms with Crippen LogP contribution >= 0.6 is 0 Å². The number of ether oxygens (including phenoxy) is 2. The lowest BCUT2D eigenvalue weighted by atomic mass is 10.2. The third-order valence-electron chi connectivity index (χ3n) is 1.86. The molecule has 0 aliphatic carbocycles. The van der Waals surface area contributed by atoms with Gasteiger partial charge in [0.25, 0.3) is 0 Å². The third-order valence-corrected chi connectivity index (χ3v) is 1.86. The lowest BCUT2D eigenvalue weighted by molar-refractivity contribution is 0.0601. The van der Waals surface area contributed by atoms with Crippen LogP contribution in [0.3, 0.4) is 0 Å². The molecule has 1 aromatic rings. The first-order valence-electron chi connectivity index (χ1n) is 4.85. The molecule has 0 saturated heterocycles. The average molecular weight is 219 g/mol. The lowest BCUT2D eigenvalue weighted by Gasteiger charge is -2.11. The van der Waals surface area contributed by atoms with E-state index >= 15 is 0 Å². The zero-order valence-electron chi connectivity index (χ0n) is 9.48. The third kappa shape index (κ3) is 2.74. The summed E-state index contributed by atoms with van der Waals surface area (Å²) in [6.45, 7) is 10.8. The number of carbonyl (C=O) groups excluding carboxylic acids is 1. The Labute approximate surface area is 94.6 Å². The maximum absolute atomic E-state index is 11.2. The minimum Gasteiger partial charge on any atom is -0.502 e. The van der Waals surface area contributed by atoms with Crippen molar-refractivity contribution in [2.75, 3.05) is 7.11 Å². The van der Waals surface area contributed by atoms with Crippen LogP contribution in [0.25, 0.3) is 4.85 Å². The van der Waals surface area contributed by atoms with E-state index in [0.717, 1.165) is 0 Å². The molecule has 0 aromatic heterocycles. The fourth-order valence-electron chi connectivity index (χ4n) is 1.20. The van der Waals surface area contributed by atoms with E-state index in [1.807, 2.05) is 13.8 Å². The highest BCUT2D eigenvalue weighted by Gasteiger charge is 2.11. The molecule has 0 bridgehead atoms. The van der Waals surface area contributed by atoms with Crippen molar-refractivity contribution in [2.24, 2.45) is 0 Å². The van der Waals surface area contributed by atoms with Crippen LogP contribution in [0.5, 0.6) is 5.75 Å². The van der Waals surface area contributed by atoms with Crippen LogP contribution in [-0.4, -0.2) is 19.2 Å². The molecule has 1 rings (SSSR count). The van der Waals surface area contributed by atoms with Crippen LogP contribution in [0.1, 0.15) is 24.2 Å². The van der Waals surface area contributed by atoms with Crippen molar-refractivity contribution in [1.29, 1.82) is 0 Å². The van der Waals surface area contributed by atoms with Gasteiger partial charge in [0.15, 0.2) is 0 Å². The molecule has 0 radical (unpaired) electrons. The van der Waals surface area contributed by atoms with Gasteiger partial charge in [-0.15, -0.1) is 0 Å². The number of benzene rings is 1. The Hall–Kier alpha value is -2.02. The predicted molar refractivity (Wildman–Crippen MR) is 59.8 cm³/mol. The monoisotopic (exact) mass is 219 g/mol. The number of carbonyl (C=O) groups is 1. The fourth-order valence-corrected chi connectivity index (χ4v) is 1.20. The SMILES string of the molecule is [C-]#[N+]c1cc(C(=O)OC)ccc1OC(C)C. The molecule has 0 fully saturated rings. The van der Waals surface area contributed by atoms with Crippen LogP contribution in [0.15, 0.2) is 18.2 Å². The van der Waals surface area contributed by atoms with E-state index in [2.05, 4.69) is 9.58 Å². The Bertz CT molecular complexity index is 432. The summed E-state index contributed by atoms with van der Waals surface area (Å²) in [4.78, 5) is 14.6. The summed E-state index contributed by atoms with van der Waals surface area (Å²) in [7, 11) is 1.30. The Kier molecular flexibility index (Phi) is 3.90. The molecule has 16 heavy (non-hydrogen) atoms. The van der Waals surface area contributed by atoms with Gasteiger partial charge in [-0.3, -0.25) is 0 Å². The first-order valence-corrected chi connectivity index (χ1v) is 4.85. The minimum absolute atomic E-state index is 0.00974. The van der Waals surface area contributed by atoms with Crippen molar-refractivity contribution in [3.63, 3.8) is 0 Å². The standard InChI is InChI=1S/C12H13NO3/c1-8(2)16-11-6-5-9(12(14)15-4)7-10(11)13-3/h5-8H,1-2,4H3. The number of methoxy groups -OCH3 is 1. The van der Waals surface area contributed by atoms with Crippen molar-refractivity contribution in [2.45, 2.75) is 20.0 Å². The molecular weight excluding hydrogens is 206 g/mol. The molecule has 0 aliphatic rings. The van der Waals surface area contributed by atoms with Crippen LogP contribution in [0.2, 0.25) is 0 Å².